The van der Waals surface area contributed by atoms with Gasteiger partial charge in [0.25, 0.3) is 0 Å². The lowest BCUT2D eigenvalue weighted by atomic mass is 10.1. The van der Waals surface area contributed by atoms with Gasteiger partial charge in [-0.3, -0.25) is 9.89 Å². The third kappa shape index (κ3) is 2.71. The average Bonchev–Trinajstić information content (AvgIpc) is 3.17. The van der Waals surface area contributed by atoms with E-state index in [1.807, 2.05) is 37.3 Å². The number of fused-ring (bicyclic) bond motifs is 2. The number of hydrogen-bond donors (Lipinski definition) is 2. The summed E-state index contributed by atoms with van der Waals surface area (Å²) in [6.45, 7) is 1.97. The Balaban J connectivity index is 1.46. The van der Waals surface area contributed by atoms with Crippen LogP contribution in [0.4, 0.5) is 0 Å². The topological polar surface area (TPSA) is 57.8 Å². The molecule has 0 saturated heterocycles. The molecule has 1 heterocycles. The molecule has 1 aromatic heterocycles. The fourth-order valence-corrected chi connectivity index (χ4v) is 3.38. The molecule has 0 radical (unpaired) electrons. The van der Waals surface area contributed by atoms with Gasteiger partial charge in [-0.1, -0.05) is 36.4 Å². The Bertz CT molecular complexity index is 939. The third-order valence-electron chi connectivity index (χ3n) is 4.65. The van der Waals surface area contributed by atoms with Crippen LogP contribution in [0.1, 0.15) is 34.8 Å². The van der Waals surface area contributed by atoms with Crippen LogP contribution in [0, 0.1) is 6.92 Å². The summed E-state index contributed by atoms with van der Waals surface area (Å²) in [4.78, 5) is 12.2. The maximum absolute atomic E-state index is 12.2. The summed E-state index contributed by atoms with van der Waals surface area (Å²) in [7, 11) is 0. The second-order valence-electron chi connectivity index (χ2n) is 6.25. The van der Waals surface area contributed by atoms with E-state index in [0.29, 0.717) is 0 Å². The molecular formula is C20H19N3O. The van der Waals surface area contributed by atoms with Crippen LogP contribution in [-0.4, -0.2) is 16.1 Å². The van der Waals surface area contributed by atoms with Gasteiger partial charge in [0, 0.05) is 11.5 Å². The third-order valence-corrected chi connectivity index (χ3v) is 4.65. The molecule has 4 heteroatoms. The van der Waals surface area contributed by atoms with E-state index in [9.17, 15) is 4.79 Å². The highest BCUT2D eigenvalue weighted by Gasteiger charge is 2.22. The Morgan fingerprint density at radius 3 is 3.08 bits per heavy atom. The van der Waals surface area contributed by atoms with Gasteiger partial charge >= 0.3 is 0 Å². The van der Waals surface area contributed by atoms with Gasteiger partial charge in [0.1, 0.15) is 0 Å². The minimum Gasteiger partial charge on any atom is -0.346 e. The number of hydrogen-bond acceptors (Lipinski definition) is 2. The van der Waals surface area contributed by atoms with Crippen LogP contribution in [0.2, 0.25) is 0 Å². The zero-order chi connectivity index (χ0) is 16.5. The molecule has 4 nitrogen and oxygen atoms in total. The number of carbonyl (C=O) groups excluding carboxylic acids is 1. The molecule has 4 rings (SSSR count). The molecule has 1 aliphatic carbocycles. The molecule has 1 atom stereocenters. The predicted molar refractivity (Wildman–Crippen MR) is 95.5 cm³/mol. The normalized spacial score (nSPS) is 16.6. The highest BCUT2D eigenvalue weighted by molar-refractivity contribution is 5.93. The van der Waals surface area contributed by atoms with Gasteiger partial charge in [-0.25, -0.2) is 0 Å². The van der Waals surface area contributed by atoms with Crippen LogP contribution in [0.25, 0.3) is 17.0 Å². The van der Waals surface area contributed by atoms with E-state index in [1.54, 1.807) is 6.08 Å². The first-order valence-electron chi connectivity index (χ1n) is 8.22. The molecule has 1 aliphatic rings. The quantitative estimate of drug-likeness (QED) is 0.724. The minimum atomic E-state index is -0.0578. The fraction of sp³-hybridized carbons (Fsp3) is 0.200. The predicted octanol–water partition coefficient (Wildman–Crippen LogP) is 3.69. The molecule has 2 aromatic carbocycles. The Morgan fingerprint density at radius 1 is 1.29 bits per heavy atom. The maximum atomic E-state index is 12.2. The van der Waals surface area contributed by atoms with E-state index in [0.717, 1.165) is 35.0 Å². The largest absolute Gasteiger partial charge is 0.346 e. The Labute approximate surface area is 140 Å². The van der Waals surface area contributed by atoms with Gasteiger partial charge in [0.15, 0.2) is 0 Å². The number of benzene rings is 2. The van der Waals surface area contributed by atoms with Crippen molar-refractivity contribution in [2.45, 2.75) is 25.8 Å². The van der Waals surface area contributed by atoms with Crippen molar-refractivity contribution in [2.75, 3.05) is 0 Å². The second kappa shape index (κ2) is 5.96. The lowest BCUT2D eigenvalue weighted by Gasteiger charge is -2.12. The van der Waals surface area contributed by atoms with Crippen LogP contribution >= 0.6 is 0 Å². The van der Waals surface area contributed by atoms with Crippen molar-refractivity contribution in [1.29, 1.82) is 0 Å². The second-order valence-corrected chi connectivity index (χ2v) is 6.25. The van der Waals surface area contributed by atoms with Crippen LogP contribution in [0.3, 0.4) is 0 Å². The molecule has 0 aliphatic heterocycles. The molecule has 0 bridgehead atoms. The first-order chi connectivity index (χ1) is 11.7. The number of aryl methyl sites for hydroxylation is 2. The van der Waals surface area contributed by atoms with E-state index >= 15 is 0 Å². The van der Waals surface area contributed by atoms with E-state index in [4.69, 9.17) is 0 Å². The Hall–Kier alpha value is -2.88. The van der Waals surface area contributed by atoms with Crippen molar-refractivity contribution in [2.24, 2.45) is 0 Å². The van der Waals surface area contributed by atoms with E-state index in [1.165, 1.54) is 11.1 Å². The molecule has 1 unspecified atom stereocenters. The summed E-state index contributed by atoms with van der Waals surface area (Å²) in [5.41, 5.74) is 5.53. The van der Waals surface area contributed by atoms with Gasteiger partial charge in [-0.2, -0.15) is 5.10 Å². The number of H-pyrrole nitrogens is 1. The maximum Gasteiger partial charge on any atom is 0.244 e. The van der Waals surface area contributed by atoms with Crippen molar-refractivity contribution in [3.05, 3.63) is 70.9 Å². The molecular weight excluding hydrogens is 298 g/mol. The van der Waals surface area contributed by atoms with Crippen LogP contribution < -0.4 is 5.32 Å². The number of nitrogens with zero attached hydrogens (tertiary/aromatic N) is 1. The number of amides is 1. The summed E-state index contributed by atoms with van der Waals surface area (Å²) in [5, 5.41) is 11.4. The summed E-state index contributed by atoms with van der Waals surface area (Å²) < 4.78 is 0. The summed E-state index contributed by atoms with van der Waals surface area (Å²) in [5.74, 6) is -0.0578. The molecule has 3 aromatic rings. The Morgan fingerprint density at radius 2 is 2.17 bits per heavy atom. The molecule has 0 spiro atoms. The lowest BCUT2D eigenvalue weighted by molar-refractivity contribution is -0.117. The monoisotopic (exact) mass is 317 g/mol. The minimum absolute atomic E-state index is 0.0578. The number of aromatic amines is 1. The molecule has 1 amide bonds. The zero-order valence-corrected chi connectivity index (χ0v) is 13.5. The zero-order valence-electron chi connectivity index (χ0n) is 13.5. The average molecular weight is 317 g/mol. The smallest absolute Gasteiger partial charge is 0.244 e. The van der Waals surface area contributed by atoms with Gasteiger partial charge < -0.3 is 5.32 Å². The molecule has 0 fully saturated rings. The van der Waals surface area contributed by atoms with E-state index < -0.39 is 0 Å². The van der Waals surface area contributed by atoms with Gasteiger partial charge in [0.2, 0.25) is 5.91 Å². The molecule has 24 heavy (non-hydrogen) atoms. The highest BCUT2D eigenvalue weighted by Crippen LogP contribution is 2.30. The summed E-state index contributed by atoms with van der Waals surface area (Å²) in [6, 6.07) is 14.5. The number of carbonyl (C=O) groups is 1. The van der Waals surface area contributed by atoms with Gasteiger partial charge in [-0.05, 0) is 48.6 Å². The lowest BCUT2D eigenvalue weighted by Crippen LogP contribution is -2.25. The standard InChI is InChI=1S/C20H19N3O/c1-13-16-9-6-14(12-19(16)23-22-13)7-11-20(24)21-18-10-8-15-4-2-3-5-17(15)18/h2-7,9,11-12,18H,8,10H2,1H3,(H,21,24)(H,22,23). The van der Waals surface area contributed by atoms with Crippen molar-refractivity contribution < 1.29 is 4.79 Å². The molecule has 2 N–H and O–H groups in total. The van der Waals surface area contributed by atoms with Gasteiger partial charge in [0.05, 0.1) is 17.3 Å². The van der Waals surface area contributed by atoms with Crippen LogP contribution in [0.5, 0.6) is 0 Å². The number of aromatic nitrogens is 2. The van der Waals surface area contributed by atoms with E-state index in [-0.39, 0.29) is 11.9 Å². The highest BCUT2D eigenvalue weighted by atomic mass is 16.1. The van der Waals surface area contributed by atoms with Gasteiger partial charge in [-0.15, -0.1) is 0 Å². The first-order valence-corrected chi connectivity index (χ1v) is 8.22. The number of rotatable bonds is 3. The summed E-state index contributed by atoms with van der Waals surface area (Å²) in [6.07, 6.45) is 5.44. The van der Waals surface area contributed by atoms with E-state index in [2.05, 4.69) is 33.7 Å². The van der Waals surface area contributed by atoms with Crippen molar-refractivity contribution in [1.82, 2.24) is 15.5 Å². The number of nitrogens with one attached hydrogen (secondary N) is 2. The molecule has 120 valence electrons. The molecule has 0 saturated carbocycles. The first kappa shape index (κ1) is 14.7. The van der Waals surface area contributed by atoms with Crippen molar-refractivity contribution >= 4 is 22.9 Å². The van der Waals surface area contributed by atoms with Crippen LogP contribution in [-0.2, 0) is 11.2 Å². The van der Waals surface area contributed by atoms with Crippen molar-refractivity contribution in [3.63, 3.8) is 0 Å². The summed E-state index contributed by atoms with van der Waals surface area (Å²) >= 11 is 0. The van der Waals surface area contributed by atoms with Crippen LogP contribution in [0.15, 0.2) is 48.5 Å². The Kier molecular flexibility index (Phi) is 3.65. The van der Waals surface area contributed by atoms with Crippen molar-refractivity contribution in [3.8, 4) is 0 Å². The fourth-order valence-electron chi connectivity index (χ4n) is 3.38. The SMILES string of the molecule is Cc1n[nH]c2cc(C=CC(=O)NC3CCc4ccccc43)ccc12.